The molecule has 0 radical (unpaired) electrons. The van der Waals surface area contributed by atoms with Crippen molar-refractivity contribution in [1.82, 2.24) is 19.9 Å². The number of rotatable bonds is 0. The lowest BCUT2D eigenvalue weighted by molar-refractivity contribution is 1.12. The zero-order chi connectivity index (χ0) is 7.68. The first-order valence-corrected chi connectivity index (χ1v) is 3.02. The molecule has 0 aliphatic carbocycles. The second-order valence-corrected chi connectivity index (χ2v) is 1.98. The predicted molar refractivity (Wildman–Crippen MR) is 45.2 cm³/mol. The van der Waals surface area contributed by atoms with Crippen LogP contribution in [0.3, 0.4) is 0 Å². The highest BCUT2D eigenvalue weighted by atomic mass is 35.5. The Kier molecular flexibility index (Phi) is 2.35. The van der Waals surface area contributed by atoms with Gasteiger partial charge in [-0.25, -0.2) is 15.0 Å². The summed E-state index contributed by atoms with van der Waals surface area (Å²) in [5.41, 5.74) is 0.602. The Morgan fingerprint density at radius 1 is 1.17 bits per heavy atom. The molecule has 0 bridgehead atoms. The number of nitrogens with zero attached hydrogens (tertiary/aromatic N) is 3. The van der Waals surface area contributed by atoms with E-state index in [4.69, 9.17) is 0 Å². The molecule has 0 unspecified atom stereocenters. The highest BCUT2D eigenvalue weighted by Crippen LogP contribution is 1.93. The summed E-state index contributed by atoms with van der Waals surface area (Å²) in [7, 11) is 0. The van der Waals surface area contributed by atoms with Gasteiger partial charge in [-0.1, -0.05) is 0 Å². The van der Waals surface area contributed by atoms with E-state index in [1.54, 1.807) is 0 Å². The van der Waals surface area contributed by atoms with E-state index >= 15 is 0 Å². The molecule has 0 amide bonds. The number of H-pyrrole nitrogens is 1. The van der Waals surface area contributed by atoms with Crippen LogP contribution in [0.15, 0.2) is 23.4 Å². The summed E-state index contributed by atoms with van der Waals surface area (Å²) in [5, 5.41) is 0. The van der Waals surface area contributed by atoms with Gasteiger partial charge in [0.05, 0.1) is 6.20 Å². The van der Waals surface area contributed by atoms with Crippen LogP contribution in [0, 0.1) is 0 Å². The molecule has 2 heterocycles. The highest BCUT2D eigenvalue weighted by Gasteiger charge is 1.93. The van der Waals surface area contributed by atoms with Gasteiger partial charge in [-0.2, -0.15) is 0 Å². The lowest BCUT2D eigenvalue weighted by atomic mass is 10.6. The molecule has 2 aromatic rings. The highest BCUT2D eigenvalue weighted by molar-refractivity contribution is 5.85. The summed E-state index contributed by atoms with van der Waals surface area (Å²) >= 11 is 0. The summed E-state index contributed by atoms with van der Waals surface area (Å²) in [5.74, 6) is 0. The first-order chi connectivity index (χ1) is 5.36. The molecule has 0 atom stereocenters. The van der Waals surface area contributed by atoms with Gasteiger partial charge in [0, 0.05) is 12.4 Å². The molecule has 62 valence electrons. The van der Waals surface area contributed by atoms with Gasteiger partial charge < -0.3 is 4.98 Å². The fourth-order valence-corrected chi connectivity index (χ4v) is 0.782. The monoisotopic (exact) mass is 184 g/mol. The van der Waals surface area contributed by atoms with Gasteiger partial charge in [-0.3, -0.25) is 4.79 Å². The maximum atomic E-state index is 10.7. The van der Waals surface area contributed by atoms with Gasteiger partial charge >= 0.3 is 0 Å². The van der Waals surface area contributed by atoms with Gasteiger partial charge in [0.2, 0.25) is 0 Å². The van der Waals surface area contributed by atoms with Gasteiger partial charge in [-0.05, 0) is 0 Å². The number of fused-ring (bicyclic) bond motifs is 1. The van der Waals surface area contributed by atoms with Crippen molar-refractivity contribution < 1.29 is 0 Å². The molecule has 6 heteroatoms. The van der Waals surface area contributed by atoms with E-state index in [1.165, 1.54) is 18.6 Å². The van der Waals surface area contributed by atoms with Crippen LogP contribution in [0.1, 0.15) is 0 Å². The lowest BCUT2D eigenvalue weighted by Crippen LogP contribution is -2.06. The van der Waals surface area contributed by atoms with Crippen LogP contribution in [0.25, 0.3) is 11.3 Å². The first-order valence-electron chi connectivity index (χ1n) is 3.02. The standard InChI is InChI=1S/C6H4N4O.ClH/c11-4-3-9-5-6(10-4)8-2-1-7-5;/h1-3H,(H,8,10,11);1H. The number of aromatic amines is 1. The quantitative estimate of drug-likeness (QED) is 0.632. The lowest BCUT2D eigenvalue weighted by Gasteiger charge is -1.90. The van der Waals surface area contributed by atoms with Crippen LogP contribution in [0.4, 0.5) is 0 Å². The average Bonchev–Trinajstić information content (AvgIpc) is 2.04. The zero-order valence-electron chi connectivity index (χ0n) is 5.89. The third-order valence-corrected chi connectivity index (χ3v) is 1.22. The van der Waals surface area contributed by atoms with Gasteiger partial charge in [0.1, 0.15) is 0 Å². The van der Waals surface area contributed by atoms with E-state index in [1.807, 2.05) is 0 Å². The fourth-order valence-electron chi connectivity index (χ4n) is 0.782. The maximum Gasteiger partial charge on any atom is 0.268 e. The molecule has 2 aromatic heterocycles. The molecule has 0 aromatic carbocycles. The number of aromatic nitrogens is 4. The van der Waals surface area contributed by atoms with E-state index in [9.17, 15) is 4.79 Å². The minimum absolute atomic E-state index is 0. The molecule has 0 aliphatic rings. The van der Waals surface area contributed by atoms with Crippen LogP contribution < -0.4 is 5.56 Å². The Labute approximate surface area is 73.3 Å². The minimum atomic E-state index is -0.266. The van der Waals surface area contributed by atoms with E-state index in [-0.39, 0.29) is 18.0 Å². The van der Waals surface area contributed by atoms with E-state index in [0.29, 0.717) is 11.3 Å². The number of halogens is 1. The van der Waals surface area contributed by atoms with Crippen molar-refractivity contribution in [1.29, 1.82) is 0 Å². The zero-order valence-corrected chi connectivity index (χ0v) is 6.71. The smallest absolute Gasteiger partial charge is 0.268 e. The second-order valence-electron chi connectivity index (χ2n) is 1.98. The van der Waals surface area contributed by atoms with Crippen LogP contribution in [0.2, 0.25) is 0 Å². The molecule has 12 heavy (non-hydrogen) atoms. The normalized spacial score (nSPS) is 9.33. The Morgan fingerprint density at radius 2 is 1.92 bits per heavy atom. The first kappa shape index (κ1) is 8.61. The fraction of sp³-hybridized carbons (Fsp3) is 0. The topological polar surface area (TPSA) is 71.5 Å². The van der Waals surface area contributed by atoms with Crippen molar-refractivity contribution in [3.8, 4) is 0 Å². The van der Waals surface area contributed by atoms with Crippen molar-refractivity contribution in [2.45, 2.75) is 0 Å². The summed E-state index contributed by atoms with van der Waals surface area (Å²) < 4.78 is 0. The molecule has 0 aliphatic heterocycles. The minimum Gasteiger partial charge on any atom is -0.303 e. The van der Waals surface area contributed by atoms with E-state index in [0.717, 1.165) is 0 Å². The predicted octanol–water partition coefficient (Wildman–Crippen LogP) is 0.135. The van der Waals surface area contributed by atoms with Crippen molar-refractivity contribution in [2.24, 2.45) is 0 Å². The summed E-state index contributed by atoms with van der Waals surface area (Å²) in [6, 6.07) is 0. The second kappa shape index (κ2) is 3.27. The van der Waals surface area contributed by atoms with Crippen LogP contribution in [-0.4, -0.2) is 19.9 Å². The molecule has 2 rings (SSSR count). The van der Waals surface area contributed by atoms with E-state index < -0.39 is 0 Å². The Balaban J connectivity index is 0.000000720. The molecule has 0 saturated carbocycles. The van der Waals surface area contributed by atoms with Crippen molar-refractivity contribution in [2.75, 3.05) is 0 Å². The number of nitrogens with one attached hydrogen (secondary N) is 1. The Morgan fingerprint density at radius 3 is 2.75 bits per heavy atom. The van der Waals surface area contributed by atoms with Crippen LogP contribution in [-0.2, 0) is 0 Å². The van der Waals surface area contributed by atoms with Crippen molar-refractivity contribution in [3.05, 3.63) is 28.9 Å². The van der Waals surface area contributed by atoms with Crippen LogP contribution in [0.5, 0.6) is 0 Å². The van der Waals surface area contributed by atoms with Gasteiger partial charge in [-0.15, -0.1) is 12.4 Å². The number of hydrogen-bond acceptors (Lipinski definition) is 4. The molecular formula is C6H5ClN4O. The molecule has 1 N–H and O–H groups in total. The molecular weight excluding hydrogens is 180 g/mol. The molecule has 5 nitrogen and oxygen atoms in total. The van der Waals surface area contributed by atoms with Gasteiger partial charge in [0.15, 0.2) is 11.3 Å². The SMILES string of the molecule is Cl.O=c1cnc2nccnc2[nH]1. The average molecular weight is 185 g/mol. The van der Waals surface area contributed by atoms with E-state index in [2.05, 4.69) is 19.9 Å². The van der Waals surface area contributed by atoms with Crippen LogP contribution >= 0.6 is 12.4 Å². The third-order valence-electron chi connectivity index (χ3n) is 1.22. The van der Waals surface area contributed by atoms with Crippen molar-refractivity contribution in [3.63, 3.8) is 0 Å². The largest absolute Gasteiger partial charge is 0.303 e. The third kappa shape index (κ3) is 1.40. The summed E-state index contributed by atoms with van der Waals surface area (Å²) in [6.07, 6.45) is 4.20. The molecule has 0 fully saturated rings. The van der Waals surface area contributed by atoms with Crippen molar-refractivity contribution >= 4 is 23.7 Å². The Hall–Kier alpha value is -1.49. The Bertz CT molecular complexity index is 440. The maximum absolute atomic E-state index is 10.7. The molecule has 0 saturated heterocycles. The summed E-state index contributed by atoms with van der Waals surface area (Å²) in [6.45, 7) is 0. The molecule has 0 spiro atoms. The van der Waals surface area contributed by atoms with Gasteiger partial charge in [0.25, 0.3) is 5.56 Å². The number of hydrogen-bond donors (Lipinski definition) is 1. The summed E-state index contributed by atoms with van der Waals surface area (Å²) in [4.78, 5) is 24.7.